The molecule has 2 N–H and O–H groups in total. The number of benzene rings is 2. The van der Waals surface area contributed by atoms with Gasteiger partial charge in [-0.25, -0.2) is 9.36 Å². The predicted octanol–water partition coefficient (Wildman–Crippen LogP) is 8.25. The number of carboxylic acid groups (broad SMARTS) is 1. The summed E-state index contributed by atoms with van der Waals surface area (Å²) in [5.74, 6) is 3.56. The largest absolute Gasteiger partial charge is 0.481 e. The van der Waals surface area contributed by atoms with Crippen LogP contribution in [-0.2, 0) is 22.4 Å². The van der Waals surface area contributed by atoms with Gasteiger partial charge in [0.1, 0.15) is 0 Å². The first-order valence-electron chi connectivity index (χ1n) is 23.2. The van der Waals surface area contributed by atoms with E-state index >= 15 is 0 Å². The van der Waals surface area contributed by atoms with Crippen LogP contribution in [0.5, 0.6) is 0 Å². The van der Waals surface area contributed by atoms with Gasteiger partial charge in [0, 0.05) is 37.3 Å². The summed E-state index contributed by atoms with van der Waals surface area (Å²) < 4.78 is 6.95. The van der Waals surface area contributed by atoms with Crippen LogP contribution in [0.1, 0.15) is 122 Å². The maximum absolute atomic E-state index is 12.9. The normalized spacial score (nSPS) is 14.0. The van der Waals surface area contributed by atoms with Crippen molar-refractivity contribution in [2.45, 2.75) is 120 Å². The zero-order valence-electron chi connectivity index (χ0n) is 39.3. The molecule has 0 bridgehead atoms. The summed E-state index contributed by atoms with van der Waals surface area (Å²) in [4.78, 5) is 25.7. The second-order valence-electron chi connectivity index (χ2n) is 17.4. The van der Waals surface area contributed by atoms with E-state index in [2.05, 4.69) is 102 Å². The highest BCUT2D eigenvalue weighted by molar-refractivity contribution is 5.76. The fraction of sp³-hybridized carbons (Fsp3) is 0.423. The minimum absolute atomic E-state index is 0. The van der Waals surface area contributed by atoms with Gasteiger partial charge in [0.15, 0.2) is 34.6 Å². The first-order valence-corrected chi connectivity index (χ1v) is 23.2. The van der Waals surface area contributed by atoms with Gasteiger partial charge in [-0.15, -0.1) is 30.6 Å². The molecular weight excluding hydrogens is 869 g/mol. The van der Waals surface area contributed by atoms with Gasteiger partial charge in [-0.1, -0.05) is 75.5 Å². The Labute approximate surface area is 405 Å². The Hall–Kier alpha value is -7.14. The number of rotatable bonds is 10. The smallest absolute Gasteiger partial charge is 0.303 e. The van der Waals surface area contributed by atoms with Crippen LogP contribution in [0, 0.1) is 41.5 Å². The zero-order valence-corrected chi connectivity index (χ0v) is 39.3. The number of carboxylic acids is 1. The van der Waals surface area contributed by atoms with Crippen molar-refractivity contribution in [3.8, 4) is 11.6 Å². The first kappa shape index (κ1) is 51.3. The molecule has 6 aromatic heterocycles. The minimum Gasteiger partial charge on any atom is -0.481 e. The number of hydrogen-bond donors (Lipinski definition) is 2. The third-order valence-electron chi connectivity index (χ3n) is 13.0. The number of nitrogens with zero attached hydrogens (tertiary/aromatic N) is 13. The number of carbonyl (C=O) groups excluding carboxylic acids is 1. The van der Waals surface area contributed by atoms with Gasteiger partial charge in [0.25, 0.3) is 0 Å². The summed E-state index contributed by atoms with van der Waals surface area (Å²) in [5, 5.41) is 46.7. The number of likely N-dealkylation sites (tertiary alicyclic amines) is 1. The van der Waals surface area contributed by atoms with Gasteiger partial charge in [-0.2, -0.15) is 19.2 Å². The van der Waals surface area contributed by atoms with E-state index < -0.39 is 5.97 Å². The maximum atomic E-state index is 12.9. The van der Waals surface area contributed by atoms with E-state index in [1.54, 1.807) is 13.7 Å². The second kappa shape index (κ2) is 23.2. The number of amides is 1. The van der Waals surface area contributed by atoms with E-state index in [1.807, 2.05) is 75.4 Å². The summed E-state index contributed by atoms with van der Waals surface area (Å²) in [7, 11) is 0. The molecule has 69 heavy (non-hydrogen) atoms. The summed E-state index contributed by atoms with van der Waals surface area (Å²) in [6.07, 6.45) is 6.38. The highest BCUT2D eigenvalue weighted by atomic mass is 16.4. The summed E-state index contributed by atoms with van der Waals surface area (Å²) in [6, 6.07) is 28.9. The highest BCUT2D eigenvalue weighted by Gasteiger charge is 2.25. The van der Waals surface area contributed by atoms with E-state index in [-0.39, 0.29) is 27.2 Å². The van der Waals surface area contributed by atoms with Gasteiger partial charge < -0.3 is 15.3 Å². The number of fused-ring (bicyclic) bond motifs is 2. The minimum atomic E-state index is -0.814. The second-order valence-corrected chi connectivity index (χ2v) is 17.4. The average molecular weight is 937 g/mol. The van der Waals surface area contributed by atoms with E-state index in [9.17, 15) is 9.59 Å². The number of aliphatic carboxylic acids is 1. The van der Waals surface area contributed by atoms with Crippen LogP contribution in [-0.4, -0.2) is 107 Å². The highest BCUT2D eigenvalue weighted by Crippen LogP contribution is 2.29. The average Bonchev–Trinajstić information content (AvgIpc) is 4.09. The molecule has 1 amide bonds. The molecule has 0 radical (unpaired) electrons. The van der Waals surface area contributed by atoms with Crippen molar-refractivity contribution in [2.75, 3.05) is 26.2 Å². The Morgan fingerprint density at radius 1 is 0.565 bits per heavy atom. The zero-order chi connectivity index (χ0) is 47.0. The number of aryl methyl sites for hydroxylation is 4. The molecule has 17 heteroatoms. The lowest BCUT2D eigenvalue weighted by Crippen LogP contribution is -2.38. The van der Waals surface area contributed by atoms with Gasteiger partial charge in [-0.05, 0) is 152 Å². The Morgan fingerprint density at radius 2 is 1.00 bits per heavy atom. The fourth-order valence-corrected chi connectivity index (χ4v) is 9.21. The van der Waals surface area contributed by atoms with Gasteiger partial charge in [0.2, 0.25) is 5.91 Å². The molecule has 2 fully saturated rings. The first-order chi connectivity index (χ1) is 32.4. The summed E-state index contributed by atoms with van der Waals surface area (Å²) in [5.41, 5.74) is 10.0. The standard InChI is InChI=1S/C25H29N7O.C14H16N6O2.C11H15N.2CH4/c1-17-22(18(2)31(28-17)24-11-10-23-27-26-19(3)32(23)29-24)9-12-25(33)30-15-13-21(14-16-30)20-7-5-4-6-8-20;1-8-11(4-7-14(21)22)9(2)19(17-8)13-6-5-12-16-15-10(3)20(12)18-13;1-2-4-10(5-3-1)11-6-8-12-9-7-11;;/h4-8,10-11,21H,9,12-16H2,1-3H3;5-6H,4,7H2,1-3H3,(H,21,22);1-5,11-12H,6-9H2;2*1H4. The molecule has 17 nitrogen and oxygen atoms in total. The fourth-order valence-electron chi connectivity index (χ4n) is 9.21. The van der Waals surface area contributed by atoms with Crippen LogP contribution >= 0.6 is 0 Å². The lowest BCUT2D eigenvalue weighted by Gasteiger charge is -2.32. The molecule has 2 aliphatic rings. The van der Waals surface area contributed by atoms with Crippen LogP contribution < -0.4 is 5.32 Å². The van der Waals surface area contributed by atoms with E-state index in [4.69, 9.17) is 10.2 Å². The van der Waals surface area contributed by atoms with Gasteiger partial charge >= 0.3 is 5.97 Å². The van der Waals surface area contributed by atoms with Crippen LogP contribution in [0.4, 0.5) is 0 Å². The summed E-state index contributed by atoms with van der Waals surface area (Å²) >= 11 is 0. The van der Waals surface area contributed by atoms with Crippen LogP contribution in [0.15, 0.2) is 84.9 Å². The molecule has 0 saturated carbocycles. The SMILES string of the molecule is C.C.Cc1nn(-c2ccc3nnc(C)n3n2)c(C)c1CCC(=O)N1CCC(c2ccccc2)CC1.Cc1nn(-c2ccc3nnc(C)n3n2)c(C)c1CCC(=O)O.c1ccc(C2CCNCC2)cc1. The Bertz CT molecular complexity index is 2940. The number of nitrogens with one attached hydrogen (secondary N) is 1. The number of carbonyl (C=O) groups is 2. The van der Waals surface area contributed by atoms with E-state index in [0.717, 1.165) is 71.6 Å². The molecular formula is C52H68N14O3. The van der Waals surface area contributed by atoms with Crippen LogP contribution in [0.2, 0.25) is 0 Å². The van der Waals surface area contributed by atoms with Gasteiger partial charge in [0.05, 0.1) is 11.4 Å². The van der Waals surface area contributed by atoms with Crippen LogP contribution in [0.3, 0.4) is 0 Å². The lowest BCUT2D eigenvalue weighted by molar-refractivity contribution is -0.137. The molecule has 2 aromatic carbocycles. The van der Waals surface area contributed by atoms with Crippen molar-refractivity contribution < 1.29 is 14.7 Å². The molecule has 10 rings (SSSR count). The van der Waals surface area contributed by atoms with Crippen molar-refractivity contribution in [1.29, 1.82) is 0 Å². The molecule has 2 aliphatic heterocycles. The Kier molecular flexibility index (Phi) is 17.3. The van der Waals surface area contributed by atoms with Crippen molar-refractivity contribution in [1.82, 2.24) is 69.4 Å². The third-order valence-corrected chi connectivity index (χ3v) is 13.0. The molecule has 8 heterocycles. The molecule has 0 aliphatic carbocycles. The van der Waals surface area contributed by atoms with Crippen molar-refractivity contribution in [3.63, 3.8) is 0 Å². The molecule has 8 aromatic rings. The van der Waals surface area contributed by atoms with Crippen molar-refractivity contribution >= 4 is 23.2 Å². The molecule has 0 spiro atoms. The summed E-state index contributed by atoms with van der Waals surface area (Å²) in [6.45, 7) is 15.6. The molecule has 0 atom stereocenters. The lowest BCUT2D eigenvalue weighted by atomic mass is 9.89. The number of piperidine rings is 2. The van der Waals surface area contributed by atoms with E-state index in [0.29, 0.717) is 53.9 Å². The quantitative estimate of drug-likeness (QED) is 0.134. The predicted molar refractivity (Wildman–Crippen MR) is 268 cm³/mol. The molecule has 2 saturated heterocycles. The van der Waals surface area contributed by atoms with E-state index in [1.165, 1.54) is 37.1 Å². The van der Waals surface area contributed by atoms with Crippen molar-refractivity contribution in [3.05, 3.63) is 142 Å². The number of hydrogen-bond acceptors (Lipinski definition) is 11. The van der Waals surface area contributed by atoms with Crippen molar-refractivity contribution in [2.24, 2.45) is 0 Å². The topological polar surface area (TPSA) is 191 Å². The Balaban J connectivity index is 0.000000187. The third kappa shape index (κ3) is 11.9. The monoisotopic (exact) mass is 937 g/mol. The number of aromatic nitrogens is 12. The maximum Gasteiger partial charge on any atom is 0.303 e. The molecule has 0 unspecified atom stereocenters. The van der Waals surface area contributed by atoms with Gasteiger partial charge in [-0.3, -0.25) is 9.59 Å². The Morgan fingerprint density at radius 3 is 1.45 bits per heavy atom. The molecule has 364 valence electrons. The van der Waals surface area contributed by atoms with Crippen LogP contribution in [0.25, 0.3) is 22.9 Å².